The lowest BCUT2D eigenvalue weighted by Crippen LogP contribution is -2.54. The van der Waals surface area contributed by atoms with Crippen LogP contribution in [0, 0.1) is 5.82 Å². The van der Waals surface area contributed by atoms with Crippen LogP contribution in [0.1, 0.15) is 24.1 Å². The molecule has 1 fully saturated rings. The summed E-state index contributed by atoms with van der Waals surface area (Å²) in [5, 5.41) is 9.05. The normalized spacial score (nSPS) is 20.3. The van der Waals surface area contributed by atoms with Crippen LogP contribution in [0.5, 0.6) is 0 Å². The van der Waals surface area contributed by atoms with Gasteiger partial charge in [0.1, 0.15) is 5.82 Å². The van der Waals surface area contributed by atoms with Crippen LogP contribution < -0.4 is 0 Å². The molecule has 2 atom stereocenters. The molecular formula is C20H23FN2O2. The molecule has 132 valence electrons. The number of rotatable bonds is 5. The number of nitrogens with zero attached hydrogens (tertiary/aromatic N) is 2. The molecule has 2 aromatic rings. The van der Waals surface area contributed by atoms with Crippen LogP contribution in [0.15, 0.2) is 54.6 Å². The average Bonchev–Trinajstić information content (AvgIpc) is 2.60. The molecule has 0 saturated carbocycles. The Morgan fingerprint density at radius 3 is 2.36 bits per heavy atom. The summed E-state index contributed by atoms with van der Waals surface area (Å²) in [6.07, 6.45) is 0. The second-order valence-electron chi connectivity index (χ2n) is 6.57. The van der Waals surface area contributed by atoms with Crippen molar-refractivity contribution in [3.8, 4) is 0 Å². The van der Waals surface area contributed by atoms with Gasteiger partial charge in [-0.15, -0.1) is 0 Å². The van der Waals surface area contributed by atoms with Crippen molar-refractivity contribution >= 4 is 5.97 Å². The van der Waals surface area contributed by atoms with E-state index in [9.17, 15) is 9.18 Å². The number of benzene rings is 2. The molecule has 1 N–H and O–H groups in total. The van der Waals surface area contributed by atoms with Gasteiger partial charge in [0.25, 0.3) is 0 Å². The van der Waals surface area contributed by atoms with Gasteiger partial charge >= 0.3 is 5.97 Å². The zero-order valence-electron chi connectivity index (χ0n) is 14.3. The molecule has 0 aromatic heterocycles. The Kier molecular flexibility index (Phi) is 5.46. The van der Waals surface area contributed by atoms with Crippen LogP contribution in [0.3, 0.4) is 0 Å². The number of carboxylic acids is 1. The van der Waals surface area contributed by atoms with E-state index >= 15 is 0 Å². The van der Waals surface area contributed by atoms with Gasteiger partial charge in [-0.25, -0.2) is 4.39 Å². The van der Waals surface area contributed by atoms with Crippen LogP contribution in [-0.2, 0) is 4.79 Å². The Hall–Kier alpha value is -2.24. The van der Waals surface area contributed by atoms with Gasteiger partial charge in [-0.3, -0.25) is 14.6 Å². The third-order valence-corrected chi connectivity index (χ3v) is 4.80. The highest BCUT2D eigenvalue weighted by Crippen LogP contribution is 2.30. The minimum atomic E-state index is -0.793. The predicted molar refractivity (Wildman–Crippen MR) is 94.9 cm³/mol. The van der Waals surface area contributed by atoms with Crippen molar-refractivity contribution in [2.75, 3.05) is 26.2 Å². The first-order valence-electron chi connectivity index (χ1n) is 8.55. The highest BCUT2D eigenvalue weighted by Gasteiger charge is 2.30. The lowest BCUT2D eigenvalue weighted by Gasteiger charge is -2.43. The van der Waals surface area contributed by atoms with E-state index in [2.05, 4.69) is 24.0 Å². The van der Waals surface area contributed by atoms with Crippen LogP contribution in [0.4, 0.5) is 4.39 Å². The number of halogens is 1. The zero-order valence-corrected chi connectivity index (χ0v) is 14.3. The molecule has 3 rings (SSSR count). The van der Waals surface area contributed by atoms with Crippen molar-refractivity contribution < 1.29 is 14.3 Å². The lowest BCUT2D eigenvalue weighted by atomic mass is 9.95. The number of hydrogen-bond acceptors (Lipinski definition) is 3. The molecular weight excluding hydrogens is 319 g/mol. The summed E-state index contributed by atoms with van der Waals surface area (Å²) < 4.78 is 13.4. The van der Waals surface area contributed by atoms with E-state index in [0.29, 0.717) is 6.54 Å². The van der Waals surface area contributed by atoms with E-state index in [1.54, 1.807) is 0 Å². The molecule has 1 saturated heterocycles. The number of carboxylic acid groups (broad SMARTS) is 1. The van der Waals surface area contributed by atoms with Crippen LogP contribution >= 0.6 is 0 Å². The number of aliphatic carboxylic acids is 1. The Labute approximate surface area is 147 Å². The van der Waals surface area contributed by atoms with Crippen molar-refractivity contribution in [2.45, 2.75) is 19.0 Å². The van der Waals surface area contributed by atoms with Gasteiger partial charge in [-0.05, 0) is 30.2 Å². The van der Waals surface area contributed by atoms with Gasteiger partial charge < -0.3 is 5.11 Å². The third-order valence-electron chi connectivity index (χ3n) is 4.80. The van der Waals surface area contributed by atoms with E-state index in [4.69, 9.17) is 5.11 Å². The summed E-state index contributed by atoms with van der Waals surface area (Å²) in [6.45, 7) is 4.38. The minimum absolute atomic E-state index is 0.0382. The van der Waals surface area contributed by atoms with E-state index < -0.39 is 5.97 Å². The van der Waals surface area contributed by atoms with Gasteiger partial charge in [0.15, 0.2) is 0 Å². The largest absolute Gasteiger partial charge is 0.480 e. The molecule has 25 heavy (non-hydrogen) atoms. The predicted octanol–water partition coefficient (Wildman–Crippen LogP) is 3.01. The van der Waals surface area contributed by atoms with Crippen LogP contribution in [0.25, 0.3) is 0 Å². The molecule has 0 aliphatic carbocycles. The fraction of sp³-hybridized carbons (Fsp3) is 0.350. The number of carbonyl (C=O) groups is 1. The zero-order chi connectivity index (χ0) is 17.8. The smallest absolute Gasteiger partial charge is 0.317 e. The summed E-state index contributed by atoms with van der Waals surface area (Å²) in [7, 11) is 0. The monoisotopic (exact) mass is 342 g/mol. The highest BCUT2D eigenvalue weighted by atomic mass is 19.1. The molecule has 0 bridgehead atoms. The molecule has 0 spiro atoms. The summed E-state index contributed by atoms with van der Waals surface area (Å²) >= 11 is 0. The van der Waals surface area contributed by atoms with Crippen molar-refractivity contribution in [3.05, 3.63) is 71.5 Å². The third kappa shape index (κ3) is 4.24. The molecule has 5 heteroatoms. The van der Waals surface area contributed by atoms with Crippen molar-refractivity contribution in [2.24, 2.45) is 0 Å². The van der Waals surface area contributed by atoms with Crippen LogP contribution in [-0.4, -0.2) is 53.1 Å². The first-order valence-corrected chi connectivity index (χ1v) is 8.55. The maximum Gasteiger partial charge on any atom is 0.317 e. The Balaban J connectivity index is 1.86. The van der Waals surface area contributed by atoms with Crippen molar-refractivity contribution in [1.29, 1.82) is 0 Å². The molecule has 2 aromatic carbocycles. The van der Waals surface area contributed by atoms with E-state index in [0.717, 1.165) is 24.2 Å². The van der Waals surface area contributed by atoms with Gasteiger partial charge in [0.2, 0.25) is 0 Å². The number of piperazine rings is 1. The Bertz CT molecular complexity index is 705. The van der Waals surface area contributed by atoms with Gasteiger partial charge in [0, 0.05) is 25.7 Å². The standard InChI is InChI=1S/C20H23FN2O2/c1-15-13-23(12-11-22(15)14-19(24)25)20(16-5-3-2-4-6-16)17-7-9-18(21)10-8-17/h2-10,15,20H,11-14H2,1H3,(H,24,25)/t15-,20-/m1/s1. The van der Waals surface area contributed by atoms with Gasteiger partial charge in [0.05, 0.1) is 12.6 Å². The lowest BCUT2D eigenvalue weighted by molar-refractivity contribution is -0.139. The molecule has 1 aliphatic rings. The Morgan fingerprint density at radius 2 is 1.76 bits per heavy atom. The fourth-order valence-corrected chi connectivity index (χ4v) is 3.56. The summed E-state index contributed by atoms with van der Waals surface area (Å²) in [5.74, 6) is -1.03. The average molecular weight is 342 g/mol. The van der Waals surface area contributed by atoms with Crippen molar-refractivity contribution in [3.63, 3.8) is 0 Å². The first kappa shape index (κ1) is 17.6. The van der Waals surface area contributed by atoms with E-state index in [1.807, 2.05) is 35.2 Å². The Morgan fingerprint density at radius 1 is 1.12 bits per heavy atom. The summed E-state index contributed by atoms with van der Waals surface area (Å²) in [4.78, 5) is 15.4. The fourth-order valence-electron chi connectivity index (χ4n) is 3.56. The molecule has 1 aliphatic heterocycles. The maximum atomic E-state index is 13.4. The molecule has 0 amide bonds. The first-order chi connectivity index (χ1) is 12.0. The van der Waals surface area contributed by atoms with E-state index in [1.165, 1.54) is 12.1 Å². The quantitative estimate of drug-likeness (QED) is 0.907. The molecule has 1 heterocycles. The molecule has 4 nitrogen and oxygen atoms in total. The van der Waals surface area contributed by atoms with E-state index in [-0.39, 0.29) is 24.4 Å². The minimum Gasteiger partial charge on any atom is -0.480 e. The van der Waals surface area contributed by atoms with Crippen LogP contribution in [0.2, 0.25) is 0 Å². The summed E-state index contributed by atoms with van der Waals surface area (Å²) in [5.41, 5.74) is 2.21. The molecule has 0 radical (unpaired) electrons. The van der Waals surface area contributed by atoms with Crippen molar-refractivity contribution in [1.82, 2.24) is 9.80 Å². The highest BCUT2D eigenvalue weighted by molar-refractivity contribution is 5.69. The van der Waals surface area contributed by atoms with Gasteiger partial charge in [-0.2, -0.15) is 0 Å². The second kappa shape index (κ2) is 7.76. The van der Waals surface area contributed by atoms with Gasteiger partial charge in [-0.1, -0.05) is 42.5 Å². The number of hydrogen-bond donors (Lipinski definition) is 1. The second-order valence-corrected chi connectivity index (χ2v) is 6.57. The SMILES string of the molecule is C[C@@H]1CN([C@H](c2ccccc2)c2ccc(F)cc2)CCN1CC(=O)O. The maximum absolute atomic E-state index is 13.4. The molecule has 0 unspecified atom stereocenters. The topological polar surface area (TPSA) is 43.8 Å². The summed E-state index contributed by atoms with van der Waals surface area (Å²) in [6, 6.07) is 17.0.